The van der Waals surface area contributed by atoms with E-state index in [2.05, 4.69) is 44.7 Å². The van der Waals surface area contributed by atoms with Gasteiger partial charge in [0, 0.05) is 16.6 Å². The topological polar surface area (TPSA) is 85.9 Å². The summed E-state index contributed by atoms with van der Waals surface area (Å²) in [7, 11) is -0.552. The summed E-state index contributed by atoms with van der Waals surface area (Å²) in [5.41, 5.74) is 4.88. The van der Waals surface area contributed by atoms with Gasteiger partial charge in [-0.1, -0.05) is 69.3 Å². The Hall–Kier alpha value is -4.40. The van der Waals surface area contributed by atoms with E-state index < -0.39 is 8.32 Å². The van der Waals surface area contributed by atoms with Gasteiger partial charge in [0.1, 0.15) is 18.1 Å². The normalized spacial score (nSPS) is 12.1. The largest absolute Gasteiger partial charge is 0.497 e. The first-order chi connectivity index (χ1) is 20.0. The molecule has 0 saturated heterocycles. The molecule has 4 aromatic carbocycles. The predicted molar refractivity (Wildman–Crippen MR) is 171 cm³/mol. The van der Waals surface area contributed by atoms with Gasteiger partial charge in [0.05, 0.1) is 12.7 Å². The number of amides is 2. The van der Waals surface area contributed by atoms with Crippen molar-refractivity contribution in [2.75, 3.05) is 19.0 Å². The van der Waals surface area contributed by atoms with Crippen molar-refractivity contribution in [1.29, 1.82) is 0 Å². The molecule has 0 aliphatic rings. The van der Waals surface area contributed by atoms with Crippen molar-refractivity contribution in [1.82, 2.24) is 5.48 Å². The molecule has 0 bridgehead atoms. The first kappa shape index (κ1) is 30.6. The van der Waals surface area contributed by atoms with Crippen molar-refractivity contribution in [3.05, 3.63) is 108 Å². The number of ether oxygens (including phenoxy) is 2. The van der Waals surface area contributed by atoms with Gasteiger partial charge in [-0.25, -0.2) is 5.48 Å². The second-order valence-electron chi connectivity index (χ2n) is 11.5. The monoisotopic (exact) mass is 582 g/mol. The fourth-order valence-electron chi connectivity index (χ4n) is 3.85. The number of anilines is 1. The van der Waals surface area contributed by atoms with E-state index in [-0.39, 0.29) is 23.5 Å². The maximum absolute atomic E-state index is 13.4. The second-order valence-corrected chi connectivity index (χ2v) is 16.3. The molecule has 0 heterocycles. The zero-order chi connectivity index (χ0) is 30.3. The molecule has 0 saturated carbocycles. The lowest BCUT2D eigenvalue weighted by atomic mass is 10.1. The zero-order valence-corrected chi connectivity index (χ0v) is 26.0. The van der Waals surface area contributed by atoms with E-state index >= 15 is 0 Å². The summed E-state index contributed by atoms with van der Waals surface area (Å²) in [6.45, 7) is 10.5. The van der Waals surface area contributed by atoms with Gasteiger partial charge in [0.15, 0.2) is 0 Å². The van der Waals surface area contributed by atoms with Crippen LogP contribution in [0.25, 0.3) is 16.8 Å². The van der Waals surface area contributed by atoms with E-state index in [1.807, 2.05) is 42.5 Å². The first-order valence-electron chi connectivity index (χ1n) is 13.8. The third kappa shape index (κ3) is 7.66. The maximum atomic E-state index is 13.4. The Bertz CT molecular complexity index is 1570. The Morgan fingerprint density at radius 1 is 0.857 bits per heavy atom. The molecule has 0 aromatic heterocycles. The van der Waals surface area contributed by atoms with E-state index in [4.69, 9.17) is 14.0 Å². The molecule has 0 atom stereocenters. The van der Waals surface area contributed by atoms with Crippen LogP contribution in [0.5, 0.6) is 11.5 Å². The van der Waals surface area contributed by atoms with Crippen LogP contribution in [0, 0.1) is 0 Å². The number of methoxy groups -OCH3 is 1. The molecule has 0 aliphatic heterocycles. The van der Waals surface area contributed by atoms with Gasteiger partial charge in [0.25, 0.3) is 11.8 Å². The van der Waals surface area contributed by atoms with Crippen LogP contribution in [0.15, 0.2) is 96.6 Å². The predicted octanol–water partition coefficient (Wildman–Crippen LogP) is 7.62. The van der Waals surface area contributed by atoms with E-state index in [9.17, 15) is 9.59 Å². The molecular weight excluding hydrogens is 544 g/mol. The SMILES string of the molecule is COc1ccc(NC(=O)C(=Cc2ccc(C(=O)NO[Si](C)(C)C(C)(C)C)cc2)COc2cccc3ccccc23)cc1. The van der Waals surface area contributed by atoms with Crippen LogP contribution in [0.4, 0.5) is 5.69 Å². The lowest BCUT2D eigenvalue weighted by Gasteiger charge is -2.35. The number of carbonyl (C=O) groups is 2. The summed E-state index contributed by atoms with van der Waals surface area (Å²) in [6.07, 6.45) is 1.76. The minimum atomic E-state index is -2.14. The Labute approximate surface area is 248 Å². The molecule has 2 amide bonds. The van der Waals surface area contributed by atoms with Crippen molar-refractivity contribution in [3.8, 4) is 11.5 Å². The fraction of sp³-hybridized carbons (Fsp3) is 0.235. The van der Waals surface area contributed by atoms with Gasteiger partial charge in [0.2, 0.25) is 8.32 Å². The molecule has 0 radical (unpaired) electrons. The highest BCUT2D eigenvalue weighted by Crippen LogP contribution is 2.36. The molecule has 4 rings (SSSR count). The summed E-state index contributed by atoms with van der Waals surface area (Å²) in [6, 6.07) is 27.9. The second kappa shape index (κ2) is 13.1. The summed E-state index contributed by atoms with van der Waals surface area (Å²) in [5.74, 6) is 0.768. The van der Waals surface area contributed by atoms with Crippen LogP contribution >= 0.6 is 0 Å². The molecule has 8 heteroatoms. The third-order valence-corrected chi connectivity index (χ3v) is 11.7. The molecule has 0 fully saturated rings. The number of nitrogens with one attached hydrogen (secondary N) is 2. The number of hydroxylamine groups is 1. The molecule has 42 heavy (non-hydrogen) atoms. The van der Waals surface area contributed by atoms with Crippen LogP contribution in [0.2, 0.25) is 18.1 Å². The van der Waals surface area contributed by atoms with Gasteiger partial charge in [-0.2, -0.15) is 0 Å². The lowest BCUT2D eigenvalue weighted by molar-refractivity contribution is -0.113. The standard InChI is InChI=1S/C34H38N2O5Si/c1-34(2,3)42(5,6)41-36-33(38)26-16-14-24(15-17-26)22-27(32(37)35-28-18-20-29(39-4)21-19-28)23-40-31-13-9-11-25-10-7-8-12-30(25)31/h7-22H,23H2,1-6H3,(H,35,37)(H,36,38). The van der Waals surface area contributed by atoms with Crippen molar-refractivity contribution < 1.29 is 23.6 Å². The first-order valence-corrected chi connectivity index (χ1v) is 16.7. The number of hydrogen-bond acceptors (Lipinski definition) is 5. The molecule has 0 spiro atoms. The Kier molecular flexibility index (Phi) is 9.50. The van der Waals surface area contributed by atoms with Crippen LogP contribution < -0.4 is 20.3 Å². The number of rotatable bonds is 10. The smallest absolute Gasteiger partial charge is 0.273 e. The van der Waals surface area contributed by atoms with Crippen LogP contribution in [-0.2, 0) is 9.32 Å². The van der Waals surface area contributed by atoms with Crippen molar-refractivity contribution in [2.45, 2.75) is 38.9 Å². The van der Waals surface area contributed by atoms with Crippen molar-refractivity contribution >= 4 is 42.7 Å². The number of carbonyl (C=O) groups excluding carboxylic acids is 2. The highest BCUT2D eigenvalue weighted by Gasteiger charge is 2.38. The van der Waals surface area contributed by atoms with Gasteiger partial charge < -0.3 is 19.3 Å². The molecule has 4 aromatic rings. The fourth-order valence-corrected chi connectivity index (χ4v) is 4.51. The minimum Gasteiger partial charge on any atom is -0.497 e. The van der Waals surface area contributed by atoms with E-state index in [0.717, 1.165) is 16.3 Å². The van der Waals surface area contributed by atoms with Gasteiger partial charge in [-0.3, -0.25) is 9.59 Å². The summed E-state index contributed by atoms with van der Waals surface area (Å²) in [5, 5.41) is 4.92. The summed E-state index contributed by atoms with van der Waals surface area (Å²) in [4.78, 5) is 26.2. The lowest BCUT2D eigenvalue weighted by Crippen LogP contribution is -2.46. The number of benzene rings is 4. The zero-order valence-electron chi connectivity index (χ0n) is 25.0. The molecule has 0 unspecified atom stereocenters. The van der Waals surface area contributed by atoms with E-state index in [1.54, 1.807) is 61.7 Å². The van der Waals surface area contributed by atoms with Gasteiger partial charge in [-0.15, -0.1) is 0 Å². The quantitative estimate of drug-likeness (QED) is 0.114. The number of hydrogen-bond donors (Lipinski definition) is 2. The Balaban J connectivity index is 1.54. The van der Waals surface area contributed by atoms with Gasteiger partial charge >= 0.3 is 0 Å². The van der Waals surface area contributed by atoms with E-state index in [1.165, 1.54) is 0 Å². The minimum absolute atomic E-state index is 0.0359. The summed E-state index contributed by atoms with van der Waals surface area (Å²) < 4.78 is 17.3. The third-order valence-electron chi connectivity index (χ3n) is 7.49. The van der Waals surface area contributed by atoms with Crippen molar-refractivity contribution in [2.24, 2.45) is 0 Å². The van der Waals surface area contributed by atoms with Crippen LogP contribution in [0.3, 0.4) is 0 Å². The average Bonchev–Trinajstić information content (AvgIpc) is 2.98. The molecule has 7 nitrogen and oxygen atoms in total. The van der Waals surface area contributed by atoms with E-state index in [0.29, 0.717) is 28.3 Å². The Morgan fingerprint density at radius 2 is 1.52 bits per heavy atom. The molecular formula is C34H38N2O5Si. The summed E-state index contributed by atoms with van der Waals surface area (Å²) >= 11 is 0. The maximum Gasteiger partial charge on any atom is 0.273 e. The average molecular weight is 583 g/mol. The van der Waals surface area contributed by atoms with Crippen molar-refractivity contribution in [3.63, 3.8) is 0 Å². The van der Waals surface area contributed by atoms with Crippen LogP contribution in [-0.4, -0.2) is 33.8 Å². The number of fused-ring (bicyclic) bond motifs is 1. The molecule has 218 valence electrons. The highest BCUT2D eigenvalue weighted by molar-refractivity contribution is 6.74. The highest BCUT2D eigenvalue weighted by atomic mass is 28.4. The molecule has 0 aliphatic carbocycles. The van der Waals surface area contributed by atoms with Crippen LogP contribution in [0.1, 0.15) is 36.7 Å². The Morgan fingerprint density at radius 3 is 2.19 bits per heavy atom. The molecule has 2 N–H and O–H groups in total. The van der Waals surface area contributed by atoms with Gasteiger partial charge in [-0.05, 0) is 77.6 Å².